The molecular weight excluding hydrogens is 494 g/mol. The lowest BCUT2D eigenvalue weighted by atomic mass is 9.97. The van der Waals surface area contributed by atoms with Crippen molar-refractivity contribution >= 4 is 47.4 Å². The van der Waals surface area contributed by atoms with Crippen molar-refractivity contribution < 1.29 is 34.2 Å². The highest BCUT2D eigenvalue weighted by Crippen LogP contribution is 2.11. The highest BCUT2D eigenvalue weighted by molar-refractivity contribution is 7.98. The number of nitrogens with two attached hydrogens (primary N) is 3. The number of aliphatic carboxylic acids is 2. The number of nitrogens with zero attached hydrogens (tertiary/aromatic N) is 1. The Morgan fingerprint density at radius 1 is 0.944 bits per heavy atom. The van der Waals surface area contributed by atoms with Crippen molar-refractivity contribution in [2.75, 3.05) is 18.6 Å². The van der Waals surface area contributed by atoms with Gasteiger partial charge in [0.15, 0.2) is 5.96 Å². The van der Waals surface area contributed by atoms with E-state index in [0.29, 0.717) is 18.6 Å². The fourth-order valence-corrected chi connectivity index (χ4v) is 3.51. The van der Waals surface area contributed by atoms with Gasteiger partial charge >= 0.3 is 11.9 Å². The molecular formula is C21H39N7O7S. The van der Waals surface area contributed by atoms with Gasteiger partial charge in [-0.25, -0.2) is 4.79 Å². The van der Waals surface area contributed by atoms with Crippen LogP contribution in [0.3, 0.4) is 0 Å². The molecule has 0 radical (unpaired) electrons. The molecule has 0 bridgehead atoms. The summed E-state index contributed by atoms with van der Waals surface area (Å²) in [5.74, 6) is -4.68. The van der Waals surface area contributed by atoms with E-state index in [1.165, 1.54) is 11.8 Å². The molecule has 5 unspecified atom stereocenters. The maximum absolute atomic E-state index is 13.1. The van der Waals surface area contributed by atoms with Crippen LogP contribution in [0, 0.1) is 5.92 Å². The predicted molar refractivity (Wildman–Crippen MR) is 136 cm³/mol. The third-order valence-corrected chi connectivity index (χ3v) is 5.97. The van der Waals surface area contributed by atoms with Gasteiger partial charge in [0.05, 0.1) is 12.5 Å². The van der Waals surface area contributed by atoms with Crippen LogP contribution in [-0.4, -0.2) is 88.6 Å². The Morgan fingerprint density at radius 2 is 1.56 bits per heavy atom. The Bertz CT molecular complexity index is 793. The standard InChI is InChI=1S/C21H39N7O7S/c1-4-11(2)16(28-17(31)12(22)10-15(29)30)19(33)26-13(7-9-36-3)18(32)27-14(20(34)35)6-5-8-25-21(23)24/h11-14,16H,4-10,22H2,1-3H3,(H,26,33)(H,27,32)(H,28,31)(H,29,30)(H,34,35)(H4,23,24,25). The normalized spacial score (nSPS) is 14.9. The summed E-state index contributed by atoms with van der Waals surface area (Å²) in [5.41, 5.74) is 16.1. The second-order valence-electron chi connectivity index (χ2n) is 8.27. The molecule has 14 nitrogen and oxygen atoms in total. The number of carbonyl (C=O) groups is 5. The van der Waals surface area contributed by atoms with Crippen LogP contribution in [-0.2, 0) is 24.0 Å². The number of aliphatic imine (C=N–C) groups is 1. The zero-order chi connectivity index (χ0) is 27.8. The minimum atomic E-state index is -1.35. The second-order valence-corrected chi connectivity index (χ2v) is 9.25. The van der Waals surface area contributed by atoms with Gasteiger partial charge in [0.25, 0.3) is 0 Å². The van der Waals surface area contributed by atoms with Crippen molar-refractivity contribution in [1.29, 1.82) is 0 Å². The first-order chi connectivity index (χ1) is 16.8. The van der Waals surface area contributed by atoms with Crippen molar-refractivity contribution in [2.24, 2.45) is 28.1 Å². The zero-order valence-corrected chi connectivity index (χ0v) is 21.7. The first-order valence-corrected chi connectivity index (χ1v) is 12.9. The molecule has 0 aliphatic carbocycles. The van der Waals surface area contributed by atoms with Crippen LogP contribution < -0.4 is 33.2 Å². The summed E-state index contributed by atoms with van der Waals surface area (Å²) in [5, 5.41) is 25.8. The maximum Gasteiger partial charge on any atom is 0.326 e. The number of hydrogen-bond acceptors (Lipinski definition) is 8. The molecule has 0 heterocycles. The van der Waals surface area contributed by atoms with Crippen LogP contribution >= 0.6 is 11.8 Å². The van der Waals surface area contributed by atoms with Crippen molar-refractivity contribution in [3.8, 4) is 0 Å². The van der Waals surface area contributed by atoms with E-state index >= 15 is 0 Å². The first-order valence-electron chi connectivity index (χ1n) is 11.5. The molecule has 0 rings (SSSR count). The smallest absolute Gasteiger partial charge is 0.326 e. The van der Waals surface area contributed by atoms with Crippen LogP contribution in [0.25, 0.3) is 0 Å². The van der Waals surface area contributed by atoms with E-state index < -0.39 is 60.2 Å². The molecule has 0 aromatic carbocycles. The Labute approximate surface area is 214 Å². The van der Waals surface area contributed by atoms with E-state index in [4.69, 9.17) is 22.3 Å². The molecule has 0 aromatic rings. The number of carboxylic acid groups (broad SMARTS) is 2. The summed E-state index contributed by atoms with van der Waals surface area (Å²) in [6.45, 7) is 3.70. The average Bonchev–Trinajstić information content (AvgIpc) is 2.80. The number of carbonyl (C=O) groups excluding carboxylic acids is 3. The van der Waals surface area contributed by atoms with Gasteiger partial charge in [-0.2, -0.15) is 11.8 Å². The van der Waals surface area contributed by atoms with Gasteiger partial charge in [-0.05, 0) is 37.2 Å². The minimum absolute atomic E-state index is 0.0636. The van der Waals surface area contributed by atoms with Gasteiger partial charge in [-0.1, -0.05) is 20.3 Å². The summed E-state index contributed by atoms with van der Waals surface area (Å²) in [6, 6.07) is -4.73. The van der Waals surface area contributed by atoms with Crippen LogP contribution in [0.5, 0.6) is 0 Å². The molecule has 0 aliphatic rings. The van der Waals surface area contributed by atoms with Crippen molar-refractivity contribution in [1.82, 2.24) is 16.0 Å². The van der Waals surface area contributed by atoms with Gasteiger partial charge in [-0.3, -0.25) is 24.2 Å². The summed E-state index contributed by atoms with van der Waals surface area (Å²) < 4.78 is 0. The topological polar surface area (TPSA) is 252 Å². The van der Waals surface area contributed by atoms with E-state index in [9.17, 15) is 29.1 Å². The lowest BCUT2D eigenvalue weighted by molar-refractivity contribution is -0.142. The van der Waals surface area contributed by atoms with Crippen molar-refractivity contribution in [3.63, 3.8) is 0 Å². The number of rotatable bonds is 18. The third kappa shape index (κ3) is 13.1. The second kappa shape index (κ2) is 17.4. The summed E-state index contributed by atoms with van der Waals surface area (Å²) in [4.78, 5) is 64.6. The van der Waals surface area contributed by atoms with E-state index in [1.807, 2.05) is 6.26 Å². The molecule has 206 valence electrons. The Morgan fingerprint density at radius 3 is 2.06 bits per heavy atom. The largest absolute Gasteiger partial charge is 0.481 e. The summed E-state index contributed by atoms with van der Waals surface area (Å²) in [7, 11) is 0. The summed E-state index contributed by atoms with van der Waals surface area (Å²) in [6.07, 6.45) is 2.26. The Kier molecular flexibility index (Phi) is 15.9. The van der Waals surface area contributed by atoms with Gasteiger partial charge < -0.3 is 43.4 Å². The minimum Gasteiger partial charge on any atom is -0.481 e. The molecule has 0 saturated carbocycles. The highest BCUT2D eigenvalue weighted by atomic mass is 32.2. The maximum atomic E-state index is 13.1. The van der Waals surface area contributed by atoms with Crippen molar-refractivity contribution in [2.45, 2.75) is 70.1 Å². The fraction of sp³-hybridized carbons (Fsp3) is 0.714. The first kappa shape index (κ1) is 32.9. The average molecular weight is 534 g/mol. The van der Waals surface area contributed by atoms with Gasteiger partial charge in [0.2, 0.25) is 17.7 Å². The number of guanidine groups is 1. The molecule has 0 fully saturated rings. The third-order valence-electron chi connectivity index (χ3n) is 5.33. The van der Waals surface area contributed by atoms with Crippen molar-refractivity contribution in [3.05, 3.63) is 0 Å². The van der Waals surface area contributed by atoms with Crippen LogP contribution in [0.4, 0.5) is 0 Å². The number of thioether (sulfide) groups is 1. The molecule has 0 aliphatic heterocycles. The Hall–Kier alpha value is -3.07. The van der Waals surface area contributed by atoms with Crippen LogP contribution in [0.1, 0.15) is 46.0 Å². The number of nitrogens with one attached hydrogen (secondary N) is 3. The van der Waals surface area contributed by atoms with E-state index in [1.54, 1.807) is 13.8 Å². The van der Waals surface area contributed by atoms with Gasteiger partial charge in [0.1, 0.15) is 18.1 Å². The van der Waals surface area contributed by atoms with Gasteiger partial charge in [0, 0.05) is 6.54 Å². The molecule has 5 atom stereocenters. The highest BCUT2D eigenvalue weighted by Gasteiger charge is 2.32. The molecule has 0 aromatic heterocycles. The molecule has 3 amide bonds. The molecule has 0 saturated heterocycles. The number of amides is 3. The SMILES string of the molecule is CCC(C)C(NC(=O)C(N)CC(=O)O)C(=O)NC(CCSC)C(=O)NC(CCCN=C(N)N)C(=O)O. The quantitative estimate of drug-likeness (QED) is 0.0553. The Balaban J connectivity index is 5.48. The molecule has 36 heavy (non-hydrogen) atoms. The van der Waals surface area contributed by atoms with Gasteiger partial charge in [-0.15, -0.1) is 0 Å². The monoisotopic (exact) mass is 533 g/mol. The summed E-state index contributed by atoms with van der Waals surface area (Å²) >= 11 is 1.43. The zero-order valence-electron chi connectivity index (χ0n) is 20.9. The number of carboxylic acids is 2. The lowest BCUT2D eigenvalue weighted by Gasteiger charge is -2.27. The van der Waals surface area contributed by atoms with E-state index in [2.05, 4.69) is 20.9 Å². The number of hydrogen-bond donors (Lipinski definition) is 8. The molecule has 0 spiro atoms. The molecule has 15 heteroatoms. The van der Waals surface area contributed by atoms with Crippen LogP contribution in [0.15, 0.2) is 4.99 Å². The molecule has 11 N–H and O–H groups in total. The lowest BCUT2D eigenvalue weighted by Crippen LogP contribution is -2.58. The predicted octanol–water partition coefficient (Wildman–Crippen LogP) is -1.82. The fourth-order valence-electron chi connectivity index (χ4n) is 3.04. The van der Waals surface area contributed by atoms with Crippen LogP contribution in [0.2, 0.25) is 0 Å². The van der Waals surface area contributed by atoms with E-state index in [0.717, 1.165) is 0 Å². The van der Waals surface area contributed by atoms with E-state index in [-0.39, 0.29) is 31.3 Å².